The van der Waals surface area contributed by atoms with Crippen LogP contribution in [0.2, 0.25) is 0 Å². The number of amides is 2. The van der Waals surface area contributed by atoms with Crippen LogP contribution in [0.15, 0.2) is 24.3 Å². The van der Waals surface area contributed by atoms with E-state index in [1.165, 1.54) is 12.1 Å². The van der Waals surface area contributed by atoms with Crippen LogP contribution >= 0.6 is 0 Å². The molecule has 4 nitrogen and oxygen atoms in total. The number of carbonyl (C=O) groups excluding carboxylic acids is 2. The molecule has 1 aromatic carbocycles. The van der Waals surface area contributed by atoms with Gasteiger partial charge in [0.15, 0.2) is 0 Å². The molecule has 130 valence electrons. The lowest BCUT2D eigenvalue weighted by Gasteiger charge is -2.21. The summed E-state index contributed by atoms with van der Waals surface area (Å²) in [6, 6.07) is 4.17. The van der Waals surface area contributed by atoms with Gasteiger partial charge in [0, 0.05) is 6.54 Å². The third-order valence-electron chi connectivity index (χ3n) is 4.79. The first-order valence-corrected chi connectivity index (χ1v) is 8.09. The number of hydrogen-bond acceptors (Lipinski definition) is 2. The molecule has 7 heteroatoms. The first-order chi connectivity index (χ1) is 11.3. The molecule has 24 heavy (non-hydrogen) atoms. The van der Waals surface area contributed by atoms with E-state index in [4.69, 9.17) is 0 Å². The molecular weight excluding hydrogens is 321 g/mol. The van der Waals surface area contributed by atoms with Crippen molar-refractivity contribution in [2.75, 3.05) is 6.54 Å². The number of nitrogens with one attached hydrogen (secondary N) is 2. The molecule has 0 radical (unpaired) electrons. The van der Waals surface area contributed by atoms with Crippen LogP contribution in [0.3, 0.4) is 0 Å². The van der Waals surface area contributed by atoms with Gasteiger partial charge in [-0.05, 0) is 49.8 Å². The maximum atomic E-state index is 12.7. The van der Waals surface area contributed by atoms with Crippen LogP contribution < -0.4 is 10.6 Å². The first-order valence-electron chi connectivity index (χ1n) is 8.09. The highest BCUT2D eigenvalue weighted by Crippen LogP contribution is 2.49. The van der Waals surface area contributed by atoms with Crippen molar-refractivity contribution in [3.8, 4) is 0 Å². The van der Waals surface area contributed by atoms with E-state index in [9.17, 15) is 22.8 Å². The summed E-state index contributed by atoms with van der Waals surface area (Å²) in [6.07, 6.45) is -0.924. The Morgan fingerprint density at radius 3 is 2.42 bits per heavy atom. The second-order valence-electron chi connectivity index (χ2n) is 6.47. The largest absolute Gasteiger partial charge is 0.416 e. The van der Waals surface area contributed by atoms with Crippen LogP contribution in [-0.4, -0.2) is 24.4 Å². The van der Waals surface area contributed by atoms with Crippen LogP contribution in [0.4, 0.5) is 13.2 Å². The van der Waals surface area contributed by atoms with Gasteiger partial charge in [0.2, 0.25) is 11.8 Å². The fourth-order valence-electron chi connectivity index (χ4n) is 3.12. The molecule has 1 aliphatic heterocycles. The maximum absolute atomic E-state index is 12.7. The van der Waals surface area contributed by atoms with E-state index in [2.05, 4.69) is 10.6 Å². The Labute approximate surface area is 137 Å². The molecule has 1 heterocycles. The average molecular weight is 340 g/mol. The summed E-state index contributed by atoms with van der Waals surface area (Å²) in [4.78, 5) is 24.6. The van der Waals surface area contributed by atoms with Gasteiger partial charge in [-0.15, -0.1) is 0 Å². The van der Waals surface area contributed by atoms with E-state index in [-0.39, 0.29) is 11.8 Å². The van der Waals surface area contributed by atoms with E-state index in [0.29, 0.717) is 31.4 Å². The summed E-state index contributed by atoms with van der Waals surface area (Å²) >= 11 is 0. The van der Waals surface area contributed by atoms with Crippen molar-refractivity contribution >= 4 is 11.8 Å². The summed E-state index contributed by atoms with van der Waals surface area (Å²) in [7, 11) is 0. The standard InChI is InChI=1S/C17H19F3N2O2/c18-17(19,20)12-6-4-11(5-7-12)16(8-9-16)15(24)22-13-3-1-2-10-21-14(13)23/h4-7,13H,1-3,8-10H2,(H,21,23)(H,22,24). The Morgan fingerprint density at radius 1 is 1.17 bits per heavy atom. The molecule has 0 spiro atoms. The molecule has 0 aromatic heterocycles. The second kappa shape index (κ2) is 6.11. The van der Waals surface area contributed by atoms with Gasteiger partial charge in [-0.1, -0.05) is 12.1 Å². The van der Waals surface area contributed by atoms with Crippen molar-refractivity contribution in [1.82, 2.24) is 10.6 Å². The fraction of sp³-hybridized carbons (Fsp3) is 0.529. The predicted molar refractivity (Wildman–Crippen MR) is 81.1 cm³/mol. The van der Waals surface area contributed by atoms with Gasteiger partial charge in [0.1, 0.15) is 6.04 Å². The number of benzene rings is 1. The van der Waals surface area contributed by atoms with Crippen molar-refractivity contribution in [2.24, 2.45) is 0 Å². The minimum atomic E-state index is -4.39. The zero-order valence-electron chi connectivity index (χ0n) is 13.1. The quantitative estimate of drug-likeness (QED) is 0.888. The van der Waals surface area contributed by atoms with Crippen molar-refractivity contribution in [2.45, 2.75) is 49.7 Å². The smallest absolute Gasteiger partial charge is 0.354 e. The summed E-state index contributed by atoms with van der Waals surface area (Å²) in [6.45, 7) is 0.606. The van der Waals surface area contributed by atoms with Gasteiger partial charge < -0.3 is 10.6 Å². The third kappa shape index (κ3) is 3.25. The lowest BCUT2D eigenvalue weighted by atomic mass is 9.93. The highest BCUT2D eigenvalue weighted by atomic mass is 19.4. The number of alkyl halides is 3. The molecular formula is C17H19F3N2O2. The van der Waals surface area contributed by atoms with E-state index >= 15 is 0 Å². The van der Waals surface area contributed by atoms with Gasteiger partial charge in [-0.3, -0.25) is 9.59 Å². The summed E-state index contributed by atoms with van der Waals surface area (Å²) in [5.74, 6) is -0.464. The summed E-state index contributed by atoms with van der Waals surface area (Å²) < 4.78 is 38.0. The predicted octanol–water partition coefficient (Wildman–Crippen LogP) is 2.52. The monoisotopic (exact) mass is 340 g/mol. The molecule has 1 unspecified atom stereocenters. The molecule has 1 saturated heterocycles. The molecule has 1 aromatic rings. The van der Waals surface area contributed by atoms with Crippen LogP contribution in [0.1, 0.15) is 43.2 Å². The summed E-state index contributed by atoms with van der Waals surface area (Å²) in [5.41, 5.74) is -0.955. The van der Waals surface area contributed by atoms with E-state index < -0.39 is 23.2 Å². The Hall–Kier alpha value is -2.05. The molecule has 1 atom stereocenters. The number of carbonyl (C=O) groups is 2. The van der Waals surface area contributed by atoms with Gasteiger partial charge in [0.05, 0.1) is 11.0 Å². The van der Waals surface area contributed by atoms with Crippen LogP contribution in [0, 0.1) is 0 Å². The highest BCUT2D eigenvalue weighted by molar-refractivity contribution is 5.95. The van der Waals surface area contributed by atoms with Gasteiger partial charge in [0.25, 0.3) is 0 Å². The molecule has 2 amide bonds. The first kappa shape index (κ1) is 16.8. The van der Waals surface area contributed by atoms with Crippen LogP contribution in [0.25, 0.3) is 0 Å². The maximum Gasteiger partial charge on any atom is 0.416 e. The summed E-state index contributed by atoms with van der Waals surface area (Å²) in [5, 5.41) is 5.54. The Balaban J connectivity index is 1.73. The third-order valence-corrected chi connectivity index (χ3v) is 4.79. The van der Waals surface area contributed by atoms with Crippen LogP contribution in [-0.2, 0) is 21.2 Å². The second-order valence-corrected chi connectivity index (χ2v) is 6.47. The zero-order valence-corrected chi connectivity index (χ0v) is 13.1. The Kier molecular flexibility index (Phi) is 4.27. The van der Waals surface area contributed by atoms with Crippen molar-refractivity contribution in [3.63, 3.8) is 0 Å². The minimum Gasteiger partial charge on any atom is -0.354 e. The normalized spacial score (nSPS) is 23.1. The van der Waals surface area contributed by atoms with Gasteiger partial charge in [-0.25, -0.2) is 0 Å². The number of hydrogen-bond donors (Lipinski definition) is 2. The van der Waals surface area contributed by atoms with Crippen molar-refractivity contribution in [3.05, 3.63) is 35.4 Å². The highest BCUT2D eigenvalue weighted by Gasteiger charge is 2.52. The van der Waals surface area contributed by atoms with E-state index in [0.717, 1.165) is 25.0 Å². The average Bonchev–Trinajstić information content (AvgIpc) is 3.35. The molecule has 1 aliphatic carbocycles. The van der Waals surface area contributed by atoms with Crippen molar-refractivity contribution < 1.29 is 22.8 Å². The molecule has 0 bridgehead atoms. The van der Waals surface area contributed by atoms with Crippen LogP contribution in [0.5, 0.6) is 0 Å². The lowest BCUT2D eigenvalue weighted by Crippen LogP contribution is -2.48. The topological polar surface area (TPSA) is 58.2 Å². The fourth-order valence-corrected chi connectivity index (χ4v) is 3.12. The molecule has 2 aliphatic rings. The Bertz CT molecular complexity index is 636. The van der Waals surface area contributed by atoms with E-state index in [1.807, 2.05) is 0 Å². The van der Waals surface area contributed by atoms with Gasteiger partial charge >= 0.3 is 6.18 Å². The van der Waals surface area contributed by atoms with Crippen molar-refractivity contribution in [1.29, 1.82) is 0 Å². The van der Waals surface area contributed by atoms with E-state index in [1.54, 1.807) is 0 Å². The molecule has 2 N–H and O–H groups in total. The number of halogens is 3. The SMILES string of the molecule is O=C1NCCCCC1NC(=O)C1(c2ccc(C(F)(F)F)cc2)CC1. The molecule has 1 saturated carbocycles. The zero-order chi connectivity index (χ0) is 17.4. The number of rotatable bonds is 3. The molecule has 2 fully saturated rings. The lowest BCUT2D eigenvalue weighted by molar-refractivity contribution is -0.137. The minimum absolute atomic E-state index is 0.191. The molecule has 3 rings (SSSR count). The van der Waals surface area contributed by atoms with Gasteiger partial charge in [-0.2, -0.15) is 13.2 Å². The Morgan fingerprint density at radius 2 is 1.83 bits per heavy atom.